The second-order valence-electron chi connectivity index (χ2n) is 5.38. The lowest BCUT2D eigenvalue weighted by Gasteiger charge is -2.06. The Labute approximate surface area is 134 Å². The first kappa shape index (κ1) is 13.6. The molecule has 0 saturated carbocycles. The molecule has 0 radical (unpaired) electrons. The number of pyridine rings is 1. The van der Waals surface area contributed by atoms with E-state index in [0.717, 1.165) is 33.8 Å². The van der Waals surface area contributed by atoms with Crippen LogP contribution in [0.3, 0.4) is 0 Å². The molecule has 0 saturated heterocycles. The van der Waals surface area contributed by atoms with Gasteiger partial charge in [0.25, 0.3) is 0 Å². The molecule has 3 nitrogen and oxygen atoms in total. The van der Waals surface area contributed by atoms with Gasteiger partial charge in [0.2, 0.25) is 0 Å². The predicted molar refractivity (Wildman–Crippen MR) is 92.6 cm³/mol. The van der Waals surface area contributed by atoms with Crippen LogP contribution in [0.4, 0.5) is 0 Å². The van der Waals surface area contributed by atoms with Gasteiger partial charge in [0.1, 0.15) is 11.4 Å². The maximum absolute atomic E-state index is 5.21. The monoisotopic (exact) mass is 300 g/mol. The van der Waals surface area contributed by atoms with Gasteiger partial charge in [0.15, 0.2) is 0 Å². The number of rotatable bonds is 3. The summed E-state index contributed by atoms with van der Waals surface area (Å²) >= 11 is 0. The van der Waals surface area contributed by atoms with Gasteiger partial charge in [-0.3, -0.25) is 4.40 Å². The van der Waals surface area contributed by atoms with Crippen LogP contribution in [-0.2, 0) is 0 Å². The fourth-order valence-corrected chi connectivity index (χ4v) is 2.77. The standard InChI is InChI=1S/C20H16N2O/c1-23-18-9-7-15(8-10-18)17-11-12-22-19(14-21-20(22)13-17)16-5-3-2-4-6-16/h2-14H,1H3. The quantitative estimate of drug-likeness (QED) is 0.549. The van der Waals surface area contributed by atoms with Crippen LogP contribution in [0.25, 0.3) is 28.0 Å². The van der Waals surface area contributed by atoms with Gasteiger partial charge < -0.3 is 4.74 Å². The third-order valence-electron chi connectivity index (χ3n) is 4.01. The minimum Gasteiger partial charge on any atom is -0.497 e. The largest absolute Gasteiger partial charge is 0.497 e. The van der Waals surface area contributed by atoms with E-state index < -0.39 is 0 Å². The Balaban J connectivity index is 1.77. The predicted octanol–water partition coefficient (Wildman–Crippen LogP) is 4.68. The summed E-state index contributed by atoms with van der Waals surface area (Å²) in [5.74, 6) is 0.863. The summed E-state index contributed by atoms with van der Waals surface area (Å²) in [7, 11) is 1.68. The molecular formula is C20H16N2O. The lowest BCUT2D eigenvalue weighted by Crippen LogP contribution is -1.89. The summed E-state index contributed by atoms with van der Waals surface area (Å²) in [6.07, 6.45) is 3.99. The minimum absolute atomic E-state index is 0.863. The molecule has 4 aromatic rings. The molecule has 0 amide bonds. The lowest BCUT2D eigenvalue weighted by molar-refractivity contribution is 0.415. The van der Waals surface area contributed by atoms with Crippen LogP contribution in [0.2, 0.25) is 0 Å². The molecule has 0 aliphatic rings. The number of fused-ring (bicyclic) bond motifs is 1. The molecule has 0 atom stereocenters. The van der Waals surface area contributed by atoms with Crippen molar-refractivity contribution in [3.05, 3.63) is 79.1 Å². The highest BCUT2D eigenvalue weighted by Crippen LogP contribution is 2.26. The first-order chi connectivity index (χ1) is 11.3. The van der Waals surface area contributed by atoms with E-state index >= 15 is 0 Å². The molecule has 0 bridgehead atoms. The van der Waals surface area contributed by atoms with Crippen molar-refractivity contribution in [3.63, 3.8) is 0 Å². The van der Waals surface area contributed by atoms with Crippen LogP contribution in [0.1, 0.15) is 0 Å². The van der Waals surface area contributed by atoms with Crippen LogP contribution in [0, 0.1) is 0 Å². The Morgan fingerprint density at radius 3 is 2.35 bits per heavy atom. The van der Waals surface area contributed by atoms with Crippen LogP contribution in [0.5, 0.6) is 5.75 Å². The molecule has 23 heavy (non-hydrogen) atoms. The van der Waals surface area contributed by atoms with Crippen LogP contribution in [-0.4, -0.2) is 16.5 Å². The number of nitrogens with zero attached hydrogens (tertiary/aromatic N) is 2. The Morgan fingerprint density at radius 2 is 1.61 bits per heavy atom. The molecule has 3 heteroatoms. The molecule has 0 N–H and O–H groups in total. The van der Waals surface area contributed by atoms with Crippen molar-refractivity contribution in [2.24, 2.45) is 0 Å². The molecule has 2 heterocycles. The second kappa shape index (κ2) is 5.61. The minimum atomic E-state index is 0.863. The lowest BCUT2D eigenvalue weighted by atomic mass is 10.1. The van der Waals surface area contributed by atoms with Gasteiger partial charge in [-0.25, -0.2) is 4.98 Å². The van der Waals surface area contributed by atoms with Gasteiger partial charge in [0.05, 0.1) is 19.0 Å². The van der Waals surface area contributed by atoms with Crippen molar-refractivity contribution >= 4 is 5.65 Å². The Kier molecular flexibility index (Phi) is 3.31. The Morgan fingerprint density at radius 1 is 0.826 bits per heavy atom. The maximum Gasteiger partial charge on any atom is 0.137 e. The fourth-order valence-electron chi connectivity index (χ4n) is 2.77. The fraction of sp³-hybridized carbons (Fsp3) is 0.0500. The Hall–Kier alpha value is -3.07. The average Bonchev–Trinajstić information content (AvgIpc) is 3.06. The average molecular weight is 300 g/mol. The zero-order valence-corrected chi connectivity index (χ0v) is 12.8. The summed E-state index contributed by atoms with van der Waals surface area (Å²) in [4.78, 5) is 4.55. The van der Waals surface area contributed by atoms with E-state index in [1.54, 1.807) is 7.11 Å². The zero-order valence-electron chi connectivity index (χ0n) is 12.8. The van der Waals surface area contributed by atoms with Gasteiger partial charge in [-0.2, -0.15) is 0 Å². The molecule has 4 rings (SSSR count). The van der Waals surface area contributed by atoms with Crippen LogP contribution in [0.15, 0.2) is 79.1 Å². The first-order valence-corrected chi connectivity index (χ1v) is 7.52. The molecule has 0 fully saturated rings. The van der Waals surface area contributed by atoms with Crippen molar-refractivity contribution in [2.45, 2.75) is 0 Å². The maximum atomic E-state index is 5.21. The van der Waals surface area contributed by atoms with Crippen LogP contribution >= 0.6 is 0 Å². The second-order valence-corrected chi connectivity index (χ2v) is 5.38. The van der Waals surface area contributed by atoms with Crippen molar-refractivity contribution in [3.8, 4) is 28.1 Å². The highest BCUT2D eigenvalue weighted by atomic mass is 16.5. The van der Waals surface area contributed by atoms with Crippen molar-refractivity contribution < 1.29 is 4.74 Å². The SMILES string of the molecule is COc1ccc(-c2ccn3c(-c4ccccc4)cnc3c2)cc1. The molecular weight excluding hydrogens is 284 g/mol. The van der Waals surface area contributed by atoms with Crippen molar-refractivity contribution in [1.29, 1.82) is 0 Å². The van der Waals surface area contributed by atoms with Crippen molar-refractivity contribution in [2.75, 3.05) is 7.11 Å². The zero-order chi connectivity index (χ0) is 15.6. The summed E-state index contributed by atoms with van der Waals surface area (Å²) in [5, 5.41) is 0. The number of ether oxygens (including phenoxy) is 1. The summed E-state index contributed by atoms with van der Waals surface area (Å²) in [6, 6.07) is 22.6. The van der Waals surface area contributed by atoms with Crippen LogP contribution < -0.4 is 4.74 Å². The van der Waals surface area contributed by atoms with E-state index in [0.29, 0.717) is 0 Å². The molecule has 0 aliphatic heterocycles. The smallest absolute Gasteiger partial charge is 0.137 e. The molecule has 112 valence electrons. The molecule has 0 unspecified atom stereocenters. The number of benzene rings is 2. The number of aromatic nitrogens is 2. The highest BCUT2D eigenvalue weighted by molar-refractivity contribution is 5.71. The van der Waals surface area contributed by atoms with E-state index in [1.807, 2.05) is 36.5 Å². The van der Waals surface area contributed by atoms with Gasteiger partial charge in [-0.1, -0.05) is 42.5 Å². The summed E-state index contributed by atoms with van der Waals surface area (Å²) < 4.78 is 7.32. The Bertz CT molecular complexity index is 940. The van der Waals surface area contributed by atoms with E-state index in [-0.39, 0.29) is 0 Å². The molecule has 2 aromatic carbocycles. The highest BCUT2D eigenvalue weighted by Gasteiger charge is 2.07. The van der Waals surface area contributed by atoms with Crippen molar-refractivity contribution in [1.82, 2.24) is 9.38 Å². The number of hydrogen-bond acceptors (Lipinski definition) is 2. The molecule has 0 aliphatic carbocycles. The van der Waals surface area contributed by atoms with E-state index in [4.69, 9.17) is 4.74 Å². The summed E-state index contributed by atoms with van der Waals surface area (Å²) in [6.45, 7) is 0. The van der Waals surface area contributed by atoms with E-state index in [2.05, 4.69) is 52.0 Å². The van der Waals surface area contributed by atoms with Gasteiger partial charge >= 0.3 is 0 Å². The normalized spacial score (nSPS) is 10.8. The number of methoxy groups -OCH3 is 1. The topological polar surface area (TPSA) is 26.5 Å². The first-order valence-electron chi connectivity index (χ1n) is 7.52. The van der Waals surface area contributed by atoms with E-state index in [9.17, 15) is 0 Å². The van der Waals surface area contributed by atoms with Gasteiger partial charge in [-0.15, -0.1) is 0 Å². The third kappa shape index (κ3) is 2.46. The summed E-state index contributed by atoms with van der Waals surface area (Å²) in [5.41, 5.74) is 5.50. The van der Waals surface area contributed by atoms with Gasteiger partial charge in [-0.05, 0) is 35.4 Å². The molecule has 2 aromatic heterocycles. The number of hydrogen-bond donors (Lipinski definition) is 0. The van der Waals surface area contributed by atoms with Gasteiger partial charge in [0, 0.05) is 11.8 Å². The molecule has 0 spiro atoms. The van der Waals surface area contributed by atoms with E-state index in [1.165, 1.54) is 0 Å². The third-order valence-corrected chi connectivity index (χ3v) is 4.01. The number of imidazole rings is 1.